The van der Waals surface area contributed by atoms with Crippen LogP contribution in [0.5, 0.6) is 0 Å². The molecular weight excluding hydrogens is 304 g/mol. The van der Waals surface area contributed by atoms with E-state index in [1.807, 2.05) is 32.2 Å². The van der Waals surface area contributed by atoms with Crippen LogP contribution >= 0.6 is 0 Å². The highest BCUT2D eigenvalue weighted by Crippen LogP contribution is 2.17. The molecule has 1 N–H and O–H groups in total. The Morgan fingerprint density at radius 3 is 2.71 bits per heavy atom. The summed E-state index contributed by atoms with van der Waals surface area (Å²) < 4.78 is 5.12. The maximum absolute atomic E-state index is 12.0. The molecule has 0 aliphatic carbocycles. The van der Waals surface area contributed by atoms with Crippen LogP contribution in [0.1, 0.15) is 41.8 Å². The summed E-state index contributed by atoms with van der Waals surface area (Å²) in [6.45, 7) is 6.46. The van der Waals surface area contributed by atoms with Crippen molar-refractivity contribution in [3.8, 4) is 0 Å². The molecule has 128 valence electrons. The summed E-state index contributed by atoms with van der Waals surface area (Å²) in [7, 11) is 0. The van der Waals surface area contributed by atoms with E-state index in [4.69, 9.17) is 4.52 Å². The van der Waals surface area contributed by atoms with Crippen molar-refractivity contribution in [2.45, 2.75) is 46.1 Å². The van der Waals surface area contributed by atoms with Gasteiger partial charge in [-0.15, -0.1) is 0 Å². The van der Waals surface area contributed by atoms with Gasteiger partial charge >= 0.3 is 0 Å². The van der Waals surface area contributed by atoms with Crippen LogP contribution in [0.3, 0.4) is 0 Å². The van der Waals surface area contributed by atoms with Crippen LogP contribution in [0.25, 0.3) is 0 Å². The predicted molar refractivity (Wildman–Crippen MR) is 91.8 cm³/mol. The molecule has 1 fully saturated rings. The van der Waals surface area contributed by atoms with Crippen molar-refractivity contribution in [3.05, 3.63) is 40.9 Å². The minimum Gasteiger partial charge on any atom is -0.361 e. The van der Waals surface area contributed by atoms with Crippen molar-refractivity contribution in [2.24, 2.45) is 0 Å². The van der Waals surface area contributed by atoms with Crippen LogP contribution in [-0.4, -0.2) is 29.1 Å². The normalized spacial score (nSPS) is 14.2. The van der Waals surface area contributed by atoms with Crippen LogP contribution in [0.4, 0.5) is 5.82 Å². The fraction of sp³-hybridized carbons (Fsp3) is 0.500. The molecule has 0 aromatic carbocycles. The molecule has 6 nitrogen and oxygen atoms in total. The summed E-state index contributed by atoms with van der Waals surface area (Å²) in [5.41, 5.74) is 2.91. The fourth-order valence-corrected chi connectivity index (χ4v) is 3.04. The first-order valence-electron chi connectivity index (χ1n) is 8.52. The van der Waals surface area contributed by atoms with Gasteiger partial charge in [0, 0.05) is 37.8 Å². The van der Waals surface area contributed by atoms with Gasteiger partial charge in [0.25, 0.3) is 0 Å². The number of pyridine rings is 1. The van der Waals surface area contributed by atoms with Gasteiger partial charge in [0.1, 0.15) is 11.6 Å². The largest absolute Gasteiger partial charge is 0.361 e. The molecule has 3 heterocycles. The van der Waals surface area contributed by atoms with Crippen molar-refractivity contribution in [1.29, 1.82) is 0 Å². The van der Waals surface area contributed by atoms with Gasteiger partial charge in [0.05, 0.1) is 5.69 Å². The third-order valence-electron chi connectivity index (χ3n) is 4.51. The number of rotatable bonds is 6. The Labute approximate surface area is 142 Å². The SMILES string of the molecule is Cc1noc(C)c1CCC(=O)NCc1ccc(N2CCCC2)nc1. The van der Waals surface area contributed by atoms with Crippen molar-refractivity contribution < 1.29 is 9.32 Å². The highest BCUT2D eigenvalue weighted by molar-refractivity contribution is 5.76. The molecule has 0 spiro atoms. The number of hydrogen-bond donors (Lipinski definition) is 1. The maximum Gasteiger partial charge on any atom is 0.220 e. The first kappa shape index (κ1) is 16.5. The minimum absolute atomic E-state index is 0.0265. The van der Waals surface area contributed by atoms with E-state index < -0.39 is 0 Å². The molecule has 24 heavy (non-hydrogen) atoms. The van der Waals surface area contributed by atoms with Crippen LogP contribution in [-0.2, 0) is 17.8 Å². The summed E-state index contributed by atoms with van der Waals surface area (Å²) in [4.78, 5) is 18.8. The molecular formula is C18H24N4O2. The lowest BCUT2D eigenvalue weighted by molar-refractivity contribution is -0.121. The molecule has 1 aliphatic rings. The predicted octanol–water partition coefficient (Wildman–Crippen LogP) is 2.54. The first-order chi connectivity index (χ1) is 11.6. The molecule has 2 aromatic rings. The molecule has 0 radical (unpaired) electrons. The number of nitrogens with zero attached hydrogens (tertiary/aromatic N) is 3. The standard InChI is InChI=1S/C18H24N4O2/c1-13-16(14(2)24-21-13)6-8-18(23)20-12-15-5-7-17(19-11-15)22-9-3-4-10-22/h5,7,11H,3-4,6,8-10,12H2,1-2H3,(H,20,23). The van der Waals surface area contributed by atoms with Gasteiger partial charge in [-0.25, -0.2) is 4.98 Å². The first-order valence-corrected chi connectivity index (χ1v) is 8.52. The average molecular weight is 328 g/mol. The highest BCUT2D eigenvalue weighted by atomic mass is 16.5. The fourth-order valence-electron chi connectivity index (χ4n) is 3.04. The Kier molecular flexibility index (Phi) is 5.13. The smallest absolute Gasteiger partial charge is 0.220 e. The molecule has 0 saturated carbocycles. The quantitative estimate of drug-likeness (QED) is 0.882. The van der Waals surface area contributed by atoms with E-state index in [0.717, 1.165) is 41.5 Å². The number of anilines is 1. The van der Waals surface area contributed by atoms with Crippen molar-refractivity contribution in [1.82, 2.24) is 15.5 Å². The van der Waals surface area contributed by atoms with Crippen molar-refractivity contribution >= 4 is 11.7 Å². The third-order valence-corrected chi connectivity index (χ3v) is 4.51. The molecule has 0 unspecified atom stereocenters. The number of nitrogens with one attached hydrogen (secondary N) is 1. The molecule has 0 bridgehead atoms. The highest BCUT2D eigenvalue weighted by Gasteiger charge is 2.13. The van der Waals surface area contributed by atoms with Crippen LogP contribution in [0.2, 0.25) is 0 Å². The Morgan fingerprint density at radius 1 is 1.29 bits per heavy atom. The molecule has 6 heteroatoms. The van der Waals surface area contributed by atoms with E-state index in [1.165, 1.54) is 12.8 Å². The third kappa shape index (κ3) is 3.93. The van der Waals surface area contributed by atoms with E-state index in [-0.39, 0.29) is 5.91 Å². The van der Waals surface area contributed by atoms with Gasteiger partial charge in [0.15, 0.2) is 0 Å². The van der Waals surface area contributed by atoms with Gasteiger partial charge in [-0.2, -0.15) is 0 Å². The van der Waals surface area contributed by atoms with Crippen molar-refractivity contribution in [2.75, 3.05) is 18.0 Å². The Morgan fingerprint density at radius 2 is 2.08 bits per heavy atom. The van der Waals surface area contributed by atoms with E-state index in [9.17, 15) is 4.79 Å². The average Bonchev–Trinajstić information content (AvgIpc) is 3.23. The van der Waals surface area contributed by atoms with Crippen LogP contribution in [0.15, 0.2) is 22.9 Å². The molecule has 1 aliphatic heterocycles. The number of amides is 1. The molecule has 2 aromatic heterocycles. The van der Waals surface area contributed by atoms with Crippen LogP contribution in [0, 0.1) is 13.8 Å². The number of carbonyl (C=O) groups excluding carboxylic acids is 1. The lowest BCUT2D eigenvalue weighted by atomic mass is 10.1. The van der Waals surface area contributed by atoms with Crippen molar-refractivity contribution in [3.63, 3.8) is 0 Å². The summed E-state index contributed by atoms with van der Waals surface area (Å²) in [5, 5.41) is 6.86. The topological polar surface area (TPSA) is 71.3 Å². The molecule has 1 amide bonds. The van der Waals surface area contributed by atoms with Crippen LogP contribution < -0.4 is 10.2 Å². The van der Waals surface area contributed by atoms with Gasteiger partial charge in [-0.1, -0.05) is 11.2 Å². The summed E-state index contributed by atoms with van der Waals surface area (Å²) in [6.07, 6.45) is 5.42. The monoisotopic (exact) mass is 328 g/mol. The zero-order valence-corrected chi connectivity index (χ0v) is 14.3. The second-order valence-corrected chi connectivity index (χ2v) is 6.30. The van der Waals surface area contributed by atoms with E-state index in [2.05, 4.69) is 20.4 Å². The number of hydrogen-bond acceptors (Lipinski definition) is 5. The Balaban J connectivity index is 1.45. The Hall–Kier alpha value is -2.37. The number of aromatic nitrogens is 2. The van der Waals surface area contributed by atoms with Gasteiger partial charge in [0.2, 0.25) is 5.91 Å². The Bertz CT molecular complexity index is 668. The second-order valence-electron chi connectivity index (χ2n) is 6.30. The lowest BCUT2D eigenvalue weighted by Gasteiger charge is -2.16. The second kappa shape index (κ2) is 7.47. The molecule has 3 rings (SSSR count). The van der Waals surface area contributed by atoms with Gasteiger partial charge in [-0.3, -0.25) is 4.79 Å². The zero-order valence-electron chi connectivity index (χ0n) is 14.3. The van der Waals surface area contributed by atoms with Gasteiger partial charge < -0.3 is 14.7 Å². The summed E-state index contributed by atoms with van der Waals surface area (Å²) in [6, 6.07) is 4.08. The van der Waals surface area contributed by atoms with E-state index in [1.54, 1.807) is 0 Å². The zero-order chi connectivity index (χ0) is 16.9. The van der Waals surface area contributed by atoms with Gasteiger partial charge in [-0.05, 0) is 44.7 Å². The minimum atomic E-state index is 0.0265. The maximum atomic E-state index is 12.0. The molecule has 1 saturated heterocycles. The molecule has 0 atom stereocenters. The lowest BCUT2D eigenvalue weighted by Crippen LogP contribution is -2.23. The summed E-state index contributed by atoms with van der Waals surface area (Å²) >= 11 is 0. The number of carbonyl (C=O) groups is 1. The summed E-state index contributed by atoms with van der Waals surface area (Å²) in [5.74, 6) is 1.85. The van der Waals surface area contributed by atoms with E-state index >= 15 is 0 Å². The van der Waals surface area contributed by atoms with E-state index in [0.29, 0.717) is 19.4 Å². The number of aryl methyl sites for hydroxylation is 2.